The maximum absolute atomic E-state index is 12.2. The van der Waals surface area contributed by atoms with Crippen molar-refractivity contribution < 1.29 is 18.4 Å². The van der Waals surface area contributed by atoms with E-state index in [1.54, 1.807) is 19.9 Å². The Labute approximate surface area is 164 Å². The molecule has 1 aromatic rings. The molecule has 1 aromatic carbocycles. The summed E-state index contributed by atoms with van der Waals surface area (Å²) in [7, 11) is -3.16. The van der Waals surface area contributed by atoms with Crippen molar-refractivity contribution in [1.29, 1.82) is 0 Å². The minimum atomic E-state index is -3.16. The molecule has 152 valence electrons. The number of benzene rings is 1. The molecule has 0 aromatic heterocycles. The lowest BCUT2D eigenvalue weighted by Gasteiger charge is -2.25. The molecule has 0 aliphatic heterocycles. The maximum atomic E-state index is 12.2. The number of ketones is 1. The third-order valence-corrected chi connectivity index (χ3v) is 6.21. The van der Waals surface area contributed by atoms with Gasteiger partial charge in [-0.05, 0) is 40.5 Å². The molecule has 1 atom stereocenters. The highest BCUT2D eigenvalue weighted by atomic mass is 31.2. The van der Waals surface area contributed by atoms with Crippen LogP contribution in [0.3, 0.4) is 0 Å². The van der Waals surface area contributed by atoms with E-state index in [0.717, 1.165) is 5.56 Å². The third-order valence-electron chi connectivity index (χ3n) is 4.27. The van der Waals surface area contributed by atoms with Crippen LogP contribution in [0.15, 0.2) is 24.3 Å². The van der Waals surface area contributed by atoms with Crippen molar-refractivity contribution in [3.8, 4) is 0 Å². The monoisotopic (exact) mass is 394 g/mol. The van der Waals surface area contributed by atoms with Crippen molar-refractivity contribution in [3.05, 3.63) is 41.0 Å². The van der Waals surface area contributed by atoms with Gasteiger partial charge in [-0.3, -0.25) is 9.36 Å². The van der Waals surface area contributed by atoms with Crippen LogP contribution in [0.25, 0.3) is 6.08 Å². The van der Waals surface area contributed by atoms with Crippen LogP contribution in [0.5, 0.6) is 0 Å². The Bertz CT molecular complexity index is 689. The molecule has 0 amide bonds. The number of hydrogen-bond acceptors (Lipinski definition) is 4. The van der Waals surface area contributed by atoms with Gasteiger partial charge in [-0.1, -0.05) is 72.7 Å². The summed E-state index contributed by atoms with van der Waals surface area (Å²) < 4.78 is 22.7. The fraction of sp³-hybridized carbons (Fsp3) is 0.591. The van der Waals surface area contributed by atoms with Crippen molar-refractivity contribution in [3.63, 3.8) is 0 Å². The van der Waals surface area contributed by atoms with Gasteiger partial charge in [-0.15, -0.1) is 0 Å². The topological polar surface area (TPSA) is 52.6 Å². The van der Waals surface area contributed by atoms with E-state index < -0.39 is 7.60 Å². The molecule has 0 spiro atoms. The predicted octanol–water partition coefficient (Wildman–Crippen LogP) is 6.13. The van der Waals surface area contributed by atoms with Gasteiger partial charge >= 0.3 is 7.60 Å². The highest BCUT2D eigenvalue weighted by Gasteiger charge is 2.22. The lowest BCUT2D eigenvalue weighted by atomic mass is 9.79. The molecule has 0 aliphatic rings. The zero-order valence-corrected chi connectivity index (χ0v) is 19.0. The highest BCUT2D eigenvalue weighted by Crippen LogP contribution is 2.47. The van der Waals surface area contributed by atoms with Gasteiger partial charge < -0.3 is 9.05 Å². The quantitative estimate of drug-likeness (QED) is 0.393. The van der Waals surface area contributed by atoms with Crippen molar-refractivity contribution in [2.75, 3.05) is 19.4 Å². The zero-order chi connectivity index (χ0) is 20.9. The van der Waals surface area contributed by atoms with Crippen molar-refractivity contribution >= 4 is 19.5 Å². The van der Waals surface area contributed by atoms with E-state index in [9.17, 15) is 9.36 Å². The fourth-order valence-corrected chi connectivity index (χ4v) is 3.59. The van der Waals surface area contributed by atoms with Gasteiger partial charge in [0, 0.05) is 6.16 Å². The lowest BCUT2D eigenvalue weighted by Crippen LogP contribution is -2.16. The molecule has 0 heterocycles. The first kappa shape index (κ1) is 23.8. The molecule has 0 radical (unpaired) electrons. The molecule has 0 bridgehead atoms. The summed E-state index contributed by atoms with van der Waals surface area (Å²) in [5.41, 5.74) is 3.46. The van der Waals surface area contributed by atoms with Crippen LogP contribution in [0.2, 0.25) is 0 Å². The Morgan fingerprint density at radius 3 is 1.89 bits per heavy atom. The SMILES string of the molecule is CCOP(=O)(CC)OCC(=O)C=Cc1cc(C(C)(C)C)cc(C(C)(C)C)c1. The fourth-order valence-electron chi connectivity index (χ4n) is 2.43. The first-order chi connectivity index (χ1) is 12.3. The lowest BCUT2D eigenvalue weighted by molar-refractivity contribution is -0.116. The van der Waals surface area contributed by atoms with E-state index >= 15 is 0 Å². The van der Waals surface area contributed by atoms with Crippen LogP contribution in [0.4, 0.5) is 0 Å². The second-order valence-corrected chi connectivity index (χ2v) is 11.1. The summed E-state index contributed by atoms with van der Waals surface area (Å²) in [5, 5.41) is 0. The largest absolute Gasteiger partial charge is 0.330 e. The molecule has 0 N–H and O–H groups in total. The van der Waals surface area contributed by atoms with Crippen molar-refractivity contribution in [2.45, 2.75) is 66.2 Å². The molecule has 1 rings (SSSR count). The molecule has 27 heavy (non-hydrogen) atoms. The van der Waals surface area contributed by atoms with Crippen LogP contribution in [0, 0.1) is 0 Å². The van der Waals surface area contributed by atoms with Crippen LogP contribution >= 0.6 is 7.60 Å². The van der Waals surface area contributed by atoms with Crippen LogP contribution in [-0.4, -0.2) is 25.2 Å². The average Bonchev–Trinajstić information content (AvgIpc) is 2.56. The molecular weight excluding hydrogens is 359 g/mol. The van der Waals surface area contributed by atoms with Crippen molar-refractivity contribution in [2.24, 2.45) is 0 Å². The Hall–Kier alpha value is -1.22. The normalized spacial score (nSPS) is 15.1. The van der Waals surface area contributed by atoms with E-state index in [-0.39, 0.29) is 29.4 Å². The third kappa shape index (κ3) is 7.73. The Kier molecular flexibility index (Phi) is 8.22. The van der Waals surface area contributed by atoms with E-state index in [2.05, 4.69) is 59.7 Å². The summed E-state index contributed by atoms with van der Waals surface area (Å²) in [4.78, 5) is 12.2. The summed E-state index contributed by atoms with van der Waals surface area (Å²) in [6.07, 6.45) is 3.54. The standard InChI is InChI=1S/C22H35O4P/c1-9-25-27(24,10-2)26-16-20(23)12-11-17-13-18(21(3,4)5)15-19(14-17)22(6,7)8/h11-15H,9-10,16H2,1-8H3. The first-order valence-electron chi connectivity index (χ1n) is 9.56. The van der Waals surface area contributed by atoms with Crippen LogP contribution in [-0.2, 0) is 29.2 Å². The van der Waals surface area contributed by atoms with Crippen molar-refractivity contribution in [1.82, 2.24) is 0 Å². The second kappa shape index (κ2) is 9.32. The highest BCUT2D eigenvalue weighted by molar-refractivity contribution is 7.53. The van der Waals surface area contributed by atoms with E-state index in [1.165, 1.54) is 17.2 Å². The molecule has 0 fully saturated rings. The number of carbonyl (C=O) groups excluding carboxylic acids is 1. The molecular formula is C22H35O4P. The van der Waals surface area contributed by atoms with Crippen LogP contribution < -0.4 is 0 Å². The smallest absolute Gasteiger partial charge is 0.309 e. The van der Waals surface area contributed by atoms with Gasteiger partial charge in [0.1, 0.15) is 6.61 Å². The molecule has 0 saturated heterocycles. The van der Waals surface area contributed by atoms with Crippen LogP contribution in [0.1, 0.15) is 72.1 Å². The summed E-state index contributed by atoms with van der Waals surface area (Å²) in [6.45, 7) is 16.6. The molecule has 0 aliphatic carbocycles. The Balaban J connectivity index is 3.00. The Morgan fingerprint density at radius 2 is 1.48 bits per heavy atom. The number of rotatable bonds is 8. The minimum absolute atomic E-state index is 0.0161. The summed E-state index contributed by atoms with van der Waals surface area (Å²) in [6, 6.07) is 6.45. The molecule has 1 unspecified atom stereocenters. The minimum Gasteiger partial charge on any atom is -0.309 e. The van der Waals surface area contributed by atoms with Gasteiger partial charge in [0.2, 0.25) is 0 Å². The van der Waals surface area contributed by atoms with Gasteiger partial charge in [-0.2, -0.15) is 0 Å². The van der Waals surface area contributed by atoms with Gasteiger partial charge in [0.25, 0.3) is 0 Å². The predicted molar refractivity (Wildman–Crippen MR) is 114 cm³/mol. The first-order valence-corrected chi connectivity index (χ1v) is 11.3. The molecule has 5 heteroatoms. The van der Waals surface area contributed by atoms with E-state index in [4.69, 9.17) is 9.05 Å². The number of hydrogen-bond donors (Lipinski definition) is 0. The zero-order valence-electron chi connectivity index (χ0n) is 18.1. The molecule has 0 saturated carbocycles. The second-order valence-electron chi connectivity index (χ2n) is 8.76. The maximum Gasteiger partial charge on any atom is 0.330 e. The summed E-state index contributed by atoms with van der Waals surface area (Å²) >= 11 is 0. The van der Waals surface area contributed by atoms with Gasteiger partial charge in [0.05, 0.1) is 6.61 Å². The van der Waals surface area contributed by atoms with Gasteiger partial charge in [0.15, 0.2) is 5.78 Å². The average molecular weight is 394 g/mol. The van der Waals surface area contributed by atoms with E-state index in [0.29, 0.717) is 6.61 Å². The molecule has 4 nitrogen and oxygen atoms in total. The number of carbonyl (C=O) groups is 1. The summed E-state index contributed by atoms with van der Waals surface area (Å²) in [5.74, 6) is -0.234. The van der Waals surface area contributed by atoms with E-state index in [1.807, 2.05) is 0 Å². The van der Waals surface area contributed by atoms with Gasteiger partial charge in [-0.25, -0.2) is 0 Å². The Morgan fingerprint density at radius 1 is 0.963 bits per heavy atom.